The Bertz CT molecular complexity index is 1260. The smallest absolute Gasteiger partial charge is 0.224 e. The number of carbonyl (C=O) groups is 1. The first kappa shape index (κ1) is 22.1. The third-order valence-electron chi connectivity index (χ3n) is 5.93. The number of hydrogen-bond donors (Lipinski definition) is 2. The van der Waals surface area contributed by atoms with Gasteiger partial charge in [0.25, 0.3) is 0 Å². The van der Waals surface area contributed by atoms with Crippen molar-refractivity contribution in [2.24, 2.45) is 5.73 Å². The topological polar surface area (TPSA) is 82.2 Å². The Balaban J connectivity index is 1.70. The van der Waals surface area contributed by atoms with Gasteiger partial charge in [-0.2, -0.15) is 5.26 Å². The van der Waals surface area contributed by atoms with E-state index in [2.05, 4.69) is 36.2 Å². The van der Waals surface area contributed by atoms with Crippen LogP contribution in [0, 0.1) is 23.2 Å². The quantitative estimate of drug-likeness (QED) is 0.578. The molecule has 3 N–H and O–H groups in total. The number of amides is 1. The highest BCUT2D eigenvalue weighted by atomic mass is 16.2. The zero-order valence-corrected chi connectivity index (χ0v) is 18.8. The van der Waals surface area contributed by atoms with E-state index in [1.807, 2.05) is 65.6 Å². The lowest BCUT2D eigenvalue weighted by Crippen LogP contribution is -2.43. The Morgan fingerprint density at radius 2 is 1.73 bits per heavy atom. The molecule has 0 aliphatic carbocycles. The lowest BCUT2D eigenvalue weighted by atomic mass is 9.88. The van der Waals surface area contributed by atoms with Gasteiger partial charge in [-0.15, -0.1) is 0 Å². The standard InChI is InChI=1S/C28H26N4O/c1-19-16-27(31-25-12-7-21(8-13-25)4-3-15-29)26-17-24(11-14-28(26)32(19)20(2)33)23-9-5-22(18-30)6-10-23/h5-14,17,19,27,31H,15-16,29H2,1-2H3. The number of anilines is 2. The van der Waals surface area contributed by atoms with Gasteiger partial charge in [-0.3, -0.25) is 4.79 Å². The molecular formula is C28H26N4O. The van der Waals surface area contributed by atoms with Crippen molar-refractivity contribution in [1.82, 2.24) is 0 Å². The Morgan fingerprint density at radius 3 is 2.36 bits per heavy atom. The number of nitrogens with two attached hydrogens (primary N) is 1. The normalized spacial score (nSPS) is 16.7. The van der Waals surface area contributed by atoms with Gasteiger partial charge in [0.15, 0.2) is 0 Å². The van der Waals surface area contributed by atoms with E-state index in [0.29, 0.717) is 12.1 Å². The highest BCUT2D eigenvalue weighted by Crippen LogP contribution is 2.41. The maximum Gasteiger partial charge on any atom is 0.224 e. The molecule has 5 heteroatoms. The number of fused-ring (bicyclic) bond motifs is 1. The number of nitrogens with one attached hydrogen (secondary N) is 1. The third-order valence-corrected chi connectivity index (χ3v) is 5.93. The van der Waals surface area contributed by atoms with Crippen LogP contribution in [0.4, 0.5) is 11.4 Å². The number of carbonyl (C=O) groups excluding carboxylic acids is 1. The highest BCUT2D eigenvalue weighted by Gasteiger charge is 2.32. The summed E-state index contributed by atoms with van der Waals surface area (Å²) in [5.74, 6) is 5.95. The van der Waals surface area contributed by atoms with Crippen molar-refractivity contribution in [2.45, 2.75) is 32.4 Å². The Labute approximate surface area is 194 Å². The Hall–Kier alpha value is -4.06. The molecule has 5 nitrogen and oxygen atoms in total. The van der Waals surface area contributed by atoms with E-state index in [1.54, 1.807) is 6.92 Å². The number of nitrogens with zero attached hydrogens (tertiary/aromatic N) is 2. The van der Waals surface area contributed by atoms with Crippen molar-refractivity contribution in [2.75, 3.05) is 16.8 Å². The van der Waals surface area contributed by atoms with E-state index in [-0.39, 0.29) is 18.0 Å². The fourth-order valence-electron chi connectivity index (χ4n) is 4.40. The van der Waals surface area contributed by atoms with E-state index in [9.17, 15) is 4.79 Å². The fraction of sp³-hybridized carbons (Fsp3) is 0.214. The lowest BCUT2D eigenvalue weighted by Gasteiger charge is -2.39. The van der Waals surface area contributed by atoms with Crippen molar-refractivity contribution >= 4 is 17.3 Å². The van der Waals surface area contributed by atoms with Gasteiger partial charge in [0, 0.05) is 29.9 Å². The van der Waals surface area contributed by atoms with Gasteiger partial charge in [-0.25, -0.2) is 0 Å². The molecule has 0 spiro atoms. The minimum absolute atomic E-state index is 0.0381. The predicted molar refractivity (Wildman–Crippen MR) is 133 cm³/mol. The van der Waals surface area contributed by atoms with E-state index >= 15 is 0 Å². The molecular weight excluding hydrogens is 408 g/mol. The van der Waals surface area contributed by atoms with E-state index < -0.39 is 0 Å². The average molecular weight is 435 g/mol. The van der Waals surface area contributed by atoms with E-state index in [4.69, 9.17) is 11.0 Å². The first-order valence-corrected chi connectivity index (χ1v) is 11.0. The van der Waals surface area contributed by atoms with Gasteiger partial charge >= 0.3 is 0 Å². The minimum atomic E-state index is 0.0381. The van der Waals surface area contributed by atoms with Crippen LogP contribution >= 0.6 is 0 Å². The van der Waals surface area contributed by atoms with Gasteiger partial charge in [0.1, 0.15) is 0 Å². The third kappa shape index (κ3) is 4.75. The molecule has 2 atom stereocenters. The number of nitriles is 1. The molecule has 0 saturated carbocycles. The van der Waals surface area contributed by atoms with Crippen LogP contribution in [0.25, 0.3) is 11.1 Å². The molecule has 1 aliphatic heterocycles. The lowest BCUT2D eigenvalue weighted by molar-refractivity contribution is -0.117. The maximum absolute atomic E-state index is 12.4. The molecule has 0 fully saturated rings. The second-order valence-electron chi connectivity index (χ2n) is 8.22. The van der Waals surface area contributed by atoms with Crippen LogP contribution in [0.2, 0.25) is 0 Å². The van der Waals surface area contributed by atoms with Crippen LogP contribution in [0.3, 0.4) is 0 Å². The van der Waals surface area contributed by atoms with Crippen molar-refractivity contribution in [1.29, 1.82) is 5.26 Å². The first-order valence-electron chi connectivity index (χ1n) is 11.0. The molecule has 0 radical (unpaired) electrons. The summed E-state index contributed by atoms with van der Waals surface area (Å²) in [5, 5.41) is 12.7. The van der Waals surface area contributed by atoms with Gasteiger partial charge in [0.05, 0.1) is 24.2 Å². The monoisotopic (exact) mass is 434 g/mol. The molecule has 164 valence electrons. The average Bonchev–Trinajstić information content (AvgIpc) is 2.83. The largest absolute Gasteiger partial charge is 0.378 e. The molecule has 4 rings (SSSR count). The SMILES string of the molecule is CC(=O)N1c2ccc(-c3ccc(C#N)cc3)cc2C(Nc2ccc(C#CCN)cc2)CC1C. The van der Waals surface area contributed by atoms with Gasteiger partial charge in [-0.1, -0.05) is 30.0 Å². The molecule has 1 heterocycles. The van der Waals surface area contributed by atoms with Crippen LogP contribution in [-0.2, 0) is 4.79 Å². The number of benzene rings is 3. The molecule has 1 aliphatic rings. The summed E-state index contributed by atoms with van der Waals surface area (Å²) in [6.07, 6.45) is 0.790. The fourth-order valence-corrected chi connectivity index (χ4v) is 4.40. The number of hydrogen-bond acceptors (Lipinski definition) is 4. The molecule has 1 amide bonds. The highest BCUT2D eigenvalue weighted by molar-refractivity contribution is 5.94. The Kier molecular flexibility index (Phi) is 6.45. The zero-order chi connectivity index (χ0) is 23.4. The van der Waals surface area contributed by atoms with Crippen molar-refractivity contribution in [3.8, 4) is 29.0 Å². The summed E-state index contributed by atoms with van der Waals surface area (Å²) in [5.41, 5.74) is 12.1. The van der Waals surface area contributed by atoms with Crippen LogP contribution in [0.5, 0.6) is 0 Å². The molecule has 3 aromatic rings. The molecule has 0 aromatic heterocycles. The molecule has 0 bridgehead atoms. The maximum atomic E-state index is 12.4. The van der Waals surface area contributed by atoms with E-state index in [0.717, 1.165) is 40.0 Å². The first-order chi connectivity index (χ1) is 16.0. The summed E-state index contributed by atoms with van der Waals surface area (Å²) in [6.45, 7) is 4.04. The van der Waals surface area contributed by atoms with Gasteiger partial charge in [0.2, 0.25) is 5.91 Å². The van der Waals surface area contributed by atoms with Gasteiger partial charge in [-0.05, 0) is 78.6 Å². The molecule has 33 heavy (non-hydrogen) atoms. The van der Waals surface area contributed by atoms with Crippen LogP contribution in [0.15, 0.2) is 66.7 Å². The summed E-state index contributed by atoms with van der Waals surface area (Å²) < 4.78 is 0. The van der Waals surface area contributed by atoms with E-state index in [1.165, 1.54) is 0 Å². The number of rotatable bonds is 3. The zero-order valence-electron chi connectivity index (χ0n) is 18.8. The summed E-state index contributed by atoms with van der Waals surface area (Å²) in [7, 11) is 0. The van der Waals surface area contributed by atoms with Crippen molar-refractivity contribution < 1.29 is 4.79 Å². The van der Waals surface area contributed by atoms with Crippen molar-refractivity contribution in [3.05, 3.63) is 83.4 Å². The summed E-state index contributed by atoms with van der Waals surface area (Å²) in [4.78, 5) is 14.3. The van der Waals surface area contributed by atoms with Crippen LogP contribution in [-0.4, -0.2) is 18.5 Å². The van der Waals surface area contributed by atoms with Crippen LogP contribution < -0.4 is 16.0 Å². The van der Waals surface area contributed by atoms with Crippen molar-refractivity contribution in [3.63, 3.8) is 0 Å². The molecule has 2 unspecified atom stereocenters. The molecule has 0 saturated heterocycles. The minimum Gasteiger partial charge on any atom is -0.378 e. The second-order valence-corrected chi connectivity index (χ2v) is 8.22. The second kappa shape index (κ2) is 9.61. The predicted octanol–water partition coefficient (Wildman–Crippen LogP) is 4.83. The molecule has 3 aromatic carbocycles. The van der Waals surface area contributed by atoms with Gasteiger partial charge < -0.3 is 16.0 Å². The summed E-state index contributed by atoms with van der Waals surface area (Å²) >= 11 is 0. The Morgan fingerprint density at radius 1 is 1.06 bits per heavy atom. The van der Waals surface area contributed by atoms with Crippen LogP contribution in [0.1, 0.15) is 43.0 Å². The summed E-state index contributed by atoms with van der Waals surface area (Å²) in [6, 6.07) is 24.1.